The van der Waals surface area contributed by atoms with Gasteiger partial charge in [-0.15, -0.1) is 0 Å². The third-order valence-electron chi connectivity index (χ3n) is 1.76. The maximum absolute atomic E-state index is 5.66. The molecule has 0 amide bonds. The van der Waals surface area contributed by atoms with Crippen LogP contribution in [0.3, 0.4) is 0 Å². The van der Waals surface area contributed by atoms with E-state index in [0.717, 1.165) is 22.5 Å². The van der Waals surface area contributed by atoms with E-state index in [1.54, 1.807) is 6.07 Å². The van der Waals surface area contributed by atoms with Gasteiger partial charge in [-0.1, -0.05) is 11.0 Å². The van der Waals surface area contributed by atoms with Crippen molar-refractivity contribution in [1.29, 1.82) is 0 Å². The van der Waals surface area contributed by atoms with E-state index in [2.05, 4.69) is 0 Å². The standard InChI is InChI=1S/C8H7BO2/c1-5-2-7-8(3-6(5)9)11-4-10-7/h2-3H,4H2,1H3. The summed E-state index contributed by atoms with van der Waals surface area (Å²) in [7, 11) is 5.66. The molecule has 0 aromatic heterocycles. The van der Waals surface area contributed by atoms with Gasteiger partial charge in [-0.25, -0.2) is 0 Å². The second-order valence-corrected chi connectivity index (χ2v) is 2.56. The molecule has 0 fully saturated rings. The second kappa shape index (κ2) is 2.19. The smallest absolute Gasteiger partial charge is 0.231 e. The largest absolute Gasteiger partial charge is 0.454 e. The Balaban J connectivity index is 2.57. The van der Waals surface area contributed by atoms with Gasteiger partial charge in [0.25, 0.3) is 0 Å². The van der Waals surface area contributed by atoms with Crippen LogP contribution in [0.2, 0.25) is 0 Å². The van der Waals surface area contributed by atoms with Crippen molar-refractivity contribution in [2.45, 2.75) is 6.92 Å². The Morgan fingerprint density at radius 1 is 1.27 bits per heavy atom. The Bertz CT molecular complexity index is 267. The zero-order chi connectivity index (χ0) is 7.84. The lowest BCUT2D eigenvalue weighted by Crippen LogP contribution is -2.05. The van der Waals surface area contributed by atoms with E-state index in [9.17, 15) is 0 Å². The average molecular weight is 146 g/mol. The van der Waals surface area contributed by atoms with E-state index in [1.165, 1.54) is 0 Å². The van der Waals surface area contributed by atoms with Crippen molar-refractivity contribution in [3.8, 4) is 11.5 Å². The van der Waals surface area contributed by atoms with Gasteiger partial charge in [0.2, 0.25) is 6.79 Å². The summed E-state index contributed by atoms with van der Waals surface area (Å²) in [6.07, 6.45) is 0. The molecule has 2 radical (unpaired) electrons. The zero-order valence-corrected chi connectivity index (χ0v) is 6.26. The van der Waals surface area contributed by atoms with Gasteiger partial charge in [0.15, 0.2) is 11.5 Å². The molecule has 0 atom stereocenters. The summed E-state index contributed by atoms with van der Waals surface area (Å²) in [6.45, 7) is 2.25. The number of hydrogen-bond acceptors (Lipinski definition) is 2. The topological polar surface area (TPSA) is 18.5 Å². The Kier molecular flexibility index (Phi) is 1.31. The average Bonchev–Trinajstić information content (AvgIpc) is 2.36. The molecular formula is C8H7BO2. The van der Waals surface area contributed by atoms with Gasteiger partial charge >= 0.3 is 0 Å². The van der Waals surface area contributed by atoms with Gasteiger partial charge in [-0.2, -0.15) is 0 Å². The summed E-state index contributed by atoms with van der Waals surface area (Å²) in [6, 6.07) is 3.68. The number of aryl methyl sites for hydroxylation is 1. The van der Waals surface area contributed by atoms with Crippen molar-refractivity contribution in [1.82, 2.24) is 0 Å². The zero-order valence-electron chi connectivity index (χ0n) is 6.26. The van der Waals surface area contributed by atoms with Crippen LogP contribution < -0.4 is 14.9 Å². The summed E-state index contributed by atoms with van der Waals surface area (Å²) in [5.74, 6) is 1.53. The van der Waals surface area contributed by atoms with Gasteiger partial charge in [-0.3, -0.25) is 0 Å². The molecule has 0 saturated carbocycles. The van der Waals surface area contributed by atoms with E-state index in [4.69, 9.17) is 17.3 Å². The molecule has 3 heteroatoms. The fraction of sp³-hybridized carbons (Fsp3) is 0.250. The molecule has 54 valence electrons. The first-order chi connectivity index (χ1) is 5.27. The maximum Gasteiger partial charge on any atom is 0.231 e. The maximum atomic E-state index is 5.66. The quantitative estimate of drug-likeness (QED) is 0.496. The molecule has 0 N–H and O–H groups in total. The molecule has 0 spiro atoms. The van der Waals surface area contributed by atoms with E-state index >= 15 is 0 Å². The van der Waals surface area contributed by atoms with Crippen molar-refractivity contribution in [3.05, 3.63) is 17.7 Å². The fourth-order valence-electron chi connectivity index (χ4n) is 1.06. The first-order valence-electron chi connectivity index (χ1n) is 3.43. The lowest BCUT2D eigenvalue weighted by Gasteiger charge is -2.01. The highest BCUT2D eigenvalue weighted by molar-refractivity contribution is 6.33. The van der Waals surface area contributed by atoms with Crippen LogP contribution in [0.5, 0.6) is 11.5 Å². The number of fused-ring (bicyclic) bond motifs is 1. The molecule has 1 aliphatic heterocycles. The highest BCUT2D eigenvalue weighted by Crippen LogP contribution is 2.30. The molecule has 1 aliphatic rings. The predicted octanol–water partition coefficient (Wildman–Crippen LogP) is 0.518. The Morgan fingerprint density at radius 2 is 1.91 bits per heavy atom. The summed E-state index contributed by atoms with van der Waals surface area (Å²) in [5.41, 5.74) is 1.77. The highest BCUT2D eigenvalue weighted by Gasteiger charge is 2.13. The Hall–Kier alpha value is -1.12. The van der Waals surface area contributed by atoms with Crippen LogP contribution in [0.15, 0.2) is 12.1 Å². The first-order valence-corrected chi connectivity index (χ1v) is 3.43. The molecular weight excluding hydrogens is 139 g/mol. The predicted molar refractivity (Wildman–Crippen MR) is 42.7 cm³/mol. The van der Waals surface area contributed by atoms with Crippen molar-refractivity contribution < 1.29 is 9.47 Å². The summed E-state index contributed by atoms with van der Waals surface area (Å²) in [5, 5.41) is 0. The minimum absolute atomic E-state index is 0.304. The van der Waals surface area contributed by atoms with Crippen LogP contribution in [0.4, 0.5) is 0 Å². The number of benzene rings is 1. The summed E-state index contributed by atoms with van der Waals surface area (Å²) < 4.78 is 10.3. The van der Waals surface area contributed by atoms with Crippen LogP contribution in [-0.4, -0.2) is 14.6 Å². The molecule has 2 rings (SSSR count). The number of hydrogen-bond donors (Lipinski definition) is 0. The highest BCUT2D eigenvalue weighted by atomic mass is 16.7. The molecule has 0 unspecified atom stereocenters. The molecule has 1 aromatic carbocycles. The van der Waals surface area contributed by atoms with Crippen molar-refractivity contribution in [3.63, 3.8) is 0 Å². The van der Waals surface area contributed by atoms with Crippen LogP contribution >= 0.6 is 0 Å². The van der Waals surface area contributed by atoms with Crippen LogP contribution in [0.25, 0.3) is 0 Å². The Labute approximate surface area is 66.5 Å². The van der Waals surface area contributed by atoms with E-state index in [-0.39, 0.29) is 0 Å². The molecule has 2 nitrogen and oxygen atoms in total. The fourth-order valence-corrected chi connectivity index (χ4v) is 1.06. The van der Waals surface area contributed by atoms with E-state index in [1.807, 2.05) is 13.0 Å². The normalized spacial score (nSPS) is 13.5. The summed E-state index contributed by atoms with van der Waals surface area (Å²) in [4.78, 5) is 0. The molecule has 1 aromatic rings. The van der Waals surface area contributed by atoms with Crippen LogP contribution in [0.1, 0.15) is 5.56 Å². The lowest BCUT2D eigenvalue weighted by atomic mass is 9.91. The van der Waals surface area contributed by atoms with Crippen molar-refractivity contribution in [2.24, 2.45) is 0 Å². The number of ether oxygens (including phenoxy) is 2. The van der Waals surface area contributed by atoms with Gasteiger partial charge in [0.05, 0.1) is 0 Å². The lowest BCUT2D eigenvalue weighted by molar-refractivity contribution is 0.174. The van der Waals surface area contributed by atoms with Crippen LogP contribution in [-0.2, 0) is 0 Å². The third-order valence-corrected chi connectivity index (χ3v) is 1.76. The van der Waals surface area contributed by atoms with Crippen LogP contribution in [0, 0.1) is 6.92 Å². The molecule has 0 aliphatic carbocycles. The molecule has 0 bridgehead atoms. The SMILES string of the molecule is [B]c1cc2c(cc1C)OCO2. The minimum Gasteiger partial charge on any atom is -0.454 e. The summed E-state index contributed by atoms with van der Waals surface area (Å²) >= 11 is 0. The second-order valence-electron chi connectivity index (χ2n) is 2.56. The Morgan fingerprint density at radius 3 is 2.64 bits per heavy atom. The first kappa shape index (κ1) is 6.59. The van der Waals surface area contributed by atoms with Gasteiger partial charge in [0.1, 0.15) is 7.85 Å². The molecule has 0 saturated heterocycles. The van der Waals surface area contributed by atoms with Crippen molar-refractivity contribution >= 4 is 13.3 Å². The van der Waals surface area contributed by atoms with Crippen molar-refractivity contribution in [2.75, 3.05) is 6.79 Å². The number of rotatable bonds is 0. The van der Waals surface area contributed by atoms with Gasteiger partial charge < -0.3 is 9.47 Å². The molecule has 11 heavy (non-hydrogen) atoms. The minimum atomic E-state index is 0.304. The monoisotopic (exact) mass is 146 g/mol. The third kappa shape index (κ3) is 0.966. The van der Waals surface area contributed by atoms with E-state index in [0.29, 0.717) is 6.79 Å². The van der Waals surface area contributed by atoms with E-state index < -0.39 is 0 Å². The molecule has 1 heterocycles. The van der Waals surface area contributed by atoms with Gasteiger partial charge in [0, 0.05) is 0 Å². The van der Waals surface area contributed by atoms with Gasteiger partial charge in [-0.05, 0) is 19.1 Å².